The first-order chi connectivity index (χ1) is 14.4. The predicted octanol–water partition coefficient (Wildman–Crippen LogP) is -1.96. The second-order valence-electron chi connectivity index (χ2n) is 7.36. The van der Waals surface area contributed by atoms with Crippen molar-refractivity contribution in [2.24, 2.45) is 17.4 Å². The minimum Gasteiger partial charge on any atom is -0.481 e. The fraction of sp³-hybridized carbons (Fsp3) is 0.722. The van der Waals surface area contributed by atoms with Crippen LogP contribution in [-0.2, 0) is 24.0 Å². The molecule has 0 fully saturated rings. The molecule has 0 rings (SSSR count). The number of carbonyl (C=O) groups is 5. The number of unbranched alkanes of at least 4 members (excludes halogenated alkanes) is 1. The molecule has 4 unspecified atom stereocenters. The summed E-state index contributed by atoms with van der Waals surface area (Å²) in [4.78, 5) is 59.3. The highest BCUT2D eigenvalue weighted by Crippen LogP contribution is 2.07. The van der Waals surface area contributed by atoms with Crippen LogP contribution in [0.15, 0.2) is 0 Å². The Bertz CT molecular complexity index is 647. The molecule has 0 aliphatic carbocycles. The van der Waals surface area contributed by atoms with Crippen molar-refractivity contribution in [2.75, 3.05) is 12.3 Å². The van der Waals surface area contributed by atoms with Gasteiger partial charge < -0.3 is 37.6 Å². The van der Waals surface area contributed by atoms with E-state index in [2.05, 4.69) is 28.6 Å². The number of hydrogen-bond donors (Lipinski definition) is 8. The van der Waals surface area contributed by atoms with E-state index >= 15 is 0 Å². The maximum atomic E-state index is 12.6. The average molecular weight is 464 g/mol. The first-order valence-corrected chi connectivity index (χ1v) is 10.5. The third kappa shape index (κ3) is 11.0. The van der Waals surface area contributed by atoms with Gasteiger partial charge in [0.05, 0.1) is 12.5 Å². The van der Waals surface area contributed by atoms with Gasteiger partial charge in [-0.2, -0.15) is 12.6 Å². The van der Waals surface area contributed by atoms with E-state index in [9.17, 15) is 29.1 Å². The van der Waals surface area contributed by atoms with Gasteiger partial charge in [0.1, 0.15) is 18.1 Å². The zero-order chi connectivity index (χ0) is 24.1. The summed E-state index contributed by atoms with van der Waals surface area (Å²) >= 11 is 4.00. The number of carboxylic acid groups (broad SMARTS) is 2. The molecule has 0 aromatic carbocycles. The maximum Gasteiger partial charge on any atom is 0.326 e. The van der Waals surface area contributed by atoms with Crippen LogP contribution < -0.4 is 27.4 Å². The molecular weight excluding hydrogens is 430 g/mol. The number of carboxylic acids is 2. The summed E-state index contributed by atoms with van der Waals surface area (Å²) in [5, 5.41) is 25.2. The zero-order valence-corrected chi connectivity index (χ0v) is 18.6. The van der Waals surface area contributed by atoms with Crippen molar-refractivity contribution in [1.82, 2.24) is 16.0 Å². The minimum absolute atomic E-state index is 0.138. The van der Waals surface area contributed by atoms with Crippen LogP contribution >= 0.6 is 12.6 Å². The van der Waals surface area contributed by atoms with Crippen molar-refractivity contribution >= 4 is 42.3 Å². The molecule has 0 saturated heterocycles. The average Bonchev–Trinajstić information content (AvgIpc) is 2.67. The summed E-state index contributed by atoms with van der Waals surface area (Å²) in [6.07, 6.45) is 0.687. The lowest BCUT2D eigenvalue weighted by Gasteiger charge is -2.26. The van der Waals surface area contributed by atoms with Crippen molar-refractivity contribution in [1.29, 1.82) is 0 Å². The second kappa shape index (κ2) is 14.6. The largest absolute Gasteiger partial charge is 0.481 e. The molecular formula is C18H33N5O7S. The number of amides is 3. The lowest BCUT2D eigenvalue weighted by atomic mass is 10.0. The number of rotatable bonds is 15. The molecule has 0 heterocycles. The Morgan fingerprint density at radius 2 is 1.48 bits per heavy atom. The highest BCUT2D eigenvalue weighted by molar-refractivity contribution is 7.80. The summed E-state index contributed by atoms with van der Waals surface area (Å²) < 4.78 is 0. The first-order valence-electron chi connectivity index (χ1n) is 9.86. The molecule has 9 N–H and O–H groups in total. The normalized spacial score (nSPS) is 14.8. The van der Waals surface area contributed by atoms with Crippen LogP contribution in [0.25, 0.3) is 0 Å². The van der Waals surface area contributed by atoms with Crippen LogP contribution in [-0.4, -0.2) is 76.3 Å². The Balaban J connectivity index is 5.13. The molecule has 178 valence electrons. The highest BCUT2D eigenvalue weighted by atomic mass is 32.1. The first kappa shape index (κ1) is 28.6. The topological polar surface area (TPSA) is 214 Å². The smallest absolute Gasteiger partial charge is 0.326 e. The van der Waals surface area contributed by atoms with Crippen LogP contribution in [0.3, 0.4) is 0 Å². The third-order valence-electron chi connectivity index (χ3n) is 4.36. The van der Waals surface area contributed by atoms with Crippen LogP contribution in [0.1, 0.15) is 39.5 Å². The van der Waals surface area contributed by atoms with Gasteiger partial charge in [-0.1, -0.05) is 13.8 Å². The lowest BCUT2D eigenvalue weighted by molar-refractivity contribution is -0.142. The van der Waals surface area contributed by atoms with Crippen LogP contribution in [0.2, 0.25) is 0 Å². The summed E-state index contributed by atoms with van der Waals surface area (Å²) in [5.41, 5.74) is 10.9. The maximum absolute atomic E-state index is 12.6. The number of aliphatic carboxylic acids is 2. The van der Waals surface area contributed by atoms with Crippen molar-refractivity contribution in [3.8, 4) is 0 Å². The van der Waals surface area contributed by atoms with Crippen molar-refractivity contribution in [3.63, 3.8) is 0 Å². The number of carbonyl (C=O) groups excluding carboxylic acids is 3. The highest BCUT2D eigenvalue weighted by Gasteiger charge is 2.31. The molecule has 12 nitrogen and oxygen atoms in total. The fourth-order valence-corrected chi connectivity index (χ4v) is 2.81. The second-order valence-corrected chi connectivity index (χ2v) is 7.73. The summed E-state index contributed by atoms with van der Waals surface area (Å²) in [7, 11) is 0. The van der Waals surface area contributed by atoms with E-state index < -0.39 is 66.2 Å². The number of nitrogens with one attached hydrogen (secondary N) is 3. The van der Waals surface area contributed by atoms with E-state index in [1.165, 1.54) is 0 Å². The Morgan fingerprint density at radius 3 is 1.94 bits per heavy atom. The molecule has 4 atom stereocenters. The van der Waals surface area contributed by atoms with Gasteiger partial charge in [0.15, 0.2) is 0 Å². The molecule has 31 heavy (non-hydrogen) atoms. The molecule has 0 bridgehead atoms. The molecule has 0 aromatic heterocycles. The van der Waals surface area contributed by atoms with Gasteiger partial charge in [-0.3, -0.25) is 19.2 Å². The van der Waals surface area contributed by atoms with E-state index in [1.807, 2.05) is 0 Å². The predicted molar refractivity (Wildman–Crippen MR) is 115 cm³/mol. The molecule has 0 radical (unpaired) electrons. The van der Waals surface area contributed by atoms with Gasteiger partial charge in [0.2, 0.25) is 17.7 Å². The molecule has 13 heteroatoms. The van der Waals surface area contributed by atoms with Gasteiger partial charge in [0, 0.05) is 5.75 Å². The third-order valence-corrected chi connectivity index (χ3v) is 4.72. The van der Waals surface area contributed by atoms with E-state index in [1.54, 1.807) is 13.8 Å². The molecule has 0 saturated carbocycles. The van der Waals surface area contributed by atoms with Crippen LogP contribution in [0, 0.1) is 5.92 Å². The van der Waals surface area contributed by atoms with Crippen LogP contribution in [0.4, 0.5) is 0 Å². The van der Waals surface area contributed by atoms with Crippen molar-refractivity contribution in [3.05, 3.63) is 0 Å². The Kier molecular flexibility index (Phi) is 13.5. The molecule has 0 spiro atoms. The van der Waals surface area contributed by atoms with Gasteiger partial charge in [-0.25, -0.2) is 4.79 Å². The Labute approximate surface area is 186 Å². The van der Waals surface area contributed by atoms with Crippen LogP contribution in [0.5, 0.6) is 0 Å². The summed E-state index contributed by atoms with van der Waals surface area (Å²) in [6, 6.07) is -4.74. The van der Waals surface area contributed by atoms with Gasteiger partial charge >= 0.3 is 11.9 Å². The number of nitrogens with two attached hydrogens (primary N) is 2. The lowest BCUT2D eigenvalue weighted by Crippen LogP contribution is -2.59. The standard InChI is InChI=1S/C18H33N5O7S/c1-9(2)14(17(28)21-11(18(29)30)5-3-4-6-19)23-16(27)12(8-31)22-15(26)10(20)7-13(24)25/h9-12,14,31H,3-8,19-20H2,1-2H3,(H,21,28)(H,22,26)(H,23,27)(H,24,25)(H,29,30). The SMILES string of the molecule is CC(C)C(NC(=O)C(CS)NC(=O)C(N)CC(=O)O)C(=O)NC(CCCCN)C(=O)O. The monoisotopic (exact) mass is 463 g/mol. The van der Waals surface area contributed by atoms with E-state index in [0.29, 0.717) is 19.4 Å². The van der Waals surface area contributed by atoms with Crippen molar-refractivity contribution < 1.29 is 34.2 Å². The van der Waals surface area contributed by atoms with Gasteiger partial charge in [0.25, 0.3) is 0 Å². The molecule has 0 aromatic rings. The Hall–Kier alpha value is -2.38. The number of hydrogen-bond acceptors (Lipinski definition) is 8. The van der Waals surface area contributed by atoms with Gasteiger partial charge in [-0.05, 0) is 31.7 Å². The quantitative estimate of drug-likeness (QED) is 0.0998. The molecule has 3 amide bonds. The minimum atomic E-state index is -1.36. The fourth-order valence-electron chi connectivity index (χ4n) is 2.55. The van der Waals surface area contributed by atoms with E-state index in [-0.39, 0.29) is 12.2 Å². The summed E-state index contributed by atoms with van der Waals surface area (Å²) in [5.74, 6) is -5.29. The zero-order valence-electron chi connectivity index (χ0n) is 17.7. The van der Waals surface area contributed by atoms with E-state index in [0.717, 1.165) is 0 Å². The van der Waals surface area contributed by atoms with Crippen molar-refractivity contribution in [2.45, 2.75) is 63.7 Å². The summed E-state index contributed by atoms with van der Waals surface area (Å²) in [6.45, 7) is 3.72. The van der Waals surface area contributed by atoms with Gasteiger partial charge in [-0.15, -0.1) is 0 Å². The molecule has 0 aliphatic rings. The number of thiol groups is 1. The van der Waals surface area contributed by atoms with E-state index in [4.69, 9.17) is 16.6 Å². The molecule has 0 aliphatic heterocycles. The Morgan fingerprint density at radius 1 is 0.903 bits per heavy atom.